The smallest absolute Gasteiger partial charge is 0.222 e. The molecule has 1 fully saturated rings. The van der Waals surface area contributed by atoms with Gasteiger partial charge in [0.1, 0.15) is 5.75 Å². The van der Waals surface area contributed by atoms with Crippen molar-refractivity contribution in [2.75, 3.05) is 26.7 Å². The van der Waals surface area contributed by atoms with Crippen LogP contribution in [0.25, 0.3) is 0 Å². The van der Waals surface area contributed by atoms with Gasteiger partial charge in [-0.15, -0.1) is 12.4 Å². The lowest BCUT2D eigenvalue weighted by Crippen LogP contribution is -2.43. The maximum absolute atomic E-state index is 12.2. The normalized spacial score (nSPS) is 14.6. The Morgan fingerprint density at radius 1 is 1.29 bits per heavy atom. The van der Waals surface area contributed by atoms with Crippen LogP contribution in [-0.4, -0.2) is 49.4 Å². The maximum Gasteiger partial charge on any atom is 0.222 e. The summed E-state index contributed by atoms with van der Waals surface area (Å²) >= 11 is 0. The van der Waals surface area contributed by atoms with Crippen molar-refractivity contribution in [3.05, 3.63) is 29.8 Å². The van der Waals surface area contributed by atoms with Gasteiger partial charge in [-0.1, -0.05) is 12.1 Å². The summed E-state index contributed by atoms with van der Waals surface area (Å²) in [5, 5.41) is 3.31. The van der Waals surface area contributed by atoms with Crippen LogP contribution >= 0.6 is 12.4 Å². The van der Waals surface area contributed by atoms with Gasteiger partial charge in [-0.05, 0) is 51.4 Å². The van der Waals surface area contributed by atoms with Crippen LogP contribution in [-0.2, 0) is 4.79 Å². The fourth-order valence-electron chi connectivity index (χ4n) is 2.79. The number of carbonyl (C=O) groups excluding carboxylic acids is 2. The highest BCUT2D eigenvalue weighted by molar-refractivity contribution is 5.94. The van der Waals surface area contributed by atoms with E-state index >= 15 is 0 Å². The number of halogens is 1. The molecule has 1 N–H and O–H groups in total. The second-order valence-corrected chi connectivity index (χ2v) is 6.02. The Labute approximate surface area is 150 Å². The average molecular weight is 355 g/mol. The van der Waals surface area contributed by atoms with E-state index in [2.05, 4.69) is 5.32 Å². The molecule has 0 saturated carbocycles. The molecule has 1 aliphatic heterocycles. The quantitative estimate of drug-likeness (QED) is 0.604. The minimum absolute atomic E-state index is 0. The van der Waals surface area contributed by atoms with Crippen molar-refractivity contribution in [3.63, 3.8) is 0 Å². The van der Waals surface area contributed by atoms with Crippen LogP contribution in [0.5, 0.6) is 5.75 Å². The topological polar surface area (TPSA) is 58.6 Å². The van der Waals surface area contributed by atoms with Gasteiger partial charge < -0.3 is 15.0 Å². The molecule has 0 radical (unpaired) electrons. The Balaban J connectivity index is 0.00000288. The third kappa shape index (κ3) is 6.13. The van der Waals surface area contributed by atoms with Crippen LogP contribution in [0.1, 0.15) is 43.0 Å². The number of carbonyl (C=O) groups is 2. The highest BCUT2D eigenvalue weighted by Crippen LogP contribution is 2.15. The summed E-state index contributed by atoms with van der Waals surface area (Å²) < 4.78 is 5.64. The molecule has 0 unspecified atom stereocenters. The number of hydrogen-bond donors (Lipinski definition) is 1. The number of ketones is 1. The highest BCUT2D eigenvalue weighted by Gasteiger charge is 2.21. The number of piperidine rings is 1. The fourth-order valence-corrected chi connectivity index (χ4v) is 2.79. The molecule has 0 bridgehead atoms. The van der Waals surface area contributed by atoms with Gasteiger partial charge in [0.15, 0.2) is 5.78 Å². The number of nitrogens with one attached hydrogen (secondary N) is 1. The molecule has 2 rings (SSSR count). The molecule has 6 heteroatoms. The Bertz CT molecular complexity index is 545. The standard InChI is InChI=1S/C18H26N2O3.ClH/c1-14(21)15-5-3-6-17(13-15)23-12-4-7-18(22)20(2)16-8-10-19-11-9-16;/h3,5-6,13,16,19H,4,7-12H2,1-2H3;1H. The summed E-state index contributed by atoms with van der Waals surface area (Å²) in [4.78, 5) is 25.4. The van der Waals surface area contributed by atoms with Gasteiger partial charge in [0.25, 0.3) is 0 Å². The lowest BCUT2D eigenvalue weighted by atomic mass is 10.0. The van der Waals surface area contributed by atoms with Crippen LogP contribution in [0.3, 0.4) is 0 Å². The maximum atomic E-state index is 12.2. The zero-order valence-corrected chi connectivity index (χ0v) is 15.2. The van der Waals surface area contributed by atoms with E-state index in [9.17, 15) is 9.59 Å². The van der Waals surface area contributed by atoms with E-state index in [0.29, 0.717) is 36.8 Å². The molecule has 24 heavy (non-hydrogen) atoms. The summed E-state index contributed by atoms with van der Waals surface area (Å²) in [6.07, 6.45) is 3.22. The Kier molecular flexibility index (Phi) is 8.79. The molecule has 1 aromatic rings. The largest absolute Gasteiger partial charge is 0.494 e. The first kappa shape index (κ1) is 20.5. The summed E-state index contributed by atoms with van der Waals surface area (Å²) in [6, 6.07) is 7.51. The Hall–Kier alpha value is -1.59. The van der Waals surface area contributed by atoms with E-state index in [1.807, 2.05) is 24.1 Å². The van der Waals surface area contributed by atoms with E-state index < -0.39 is 0 Å². The van der Waals surface area contributed by atoms with E-state index in [1.54, 1.807) is 12.1 Å². The van der Waals surface area contributed by atoms with E-state index in [1.165, 1.54) is 6.92 Å². The van der Waals surface area contributed by atoms with E-state index in [-0.39, 0.29) is 24.1 Å². The first-order valence-electron chi connectivity index (χ1n) is 8.28. The molecule has 1 saturated heterocycles. The second-order valence-electron chi connectivity index (χ2n) is 6.02. The number of ether oxygens (including phenoxy) is 1. The summed E-state index contributed by atoms with van der Waals surface area (Å²) in [7, 11) is 1.90. The van der Waals surface area contributed by atoms with Gasteiger partial charge in [0.2, 0.25) is 5.91 Å². The van der Waals surface area contributed by atoms with Gasteiger partial charge in [-0.25, -0.2) is 0 Å². The Morgan fingerprint density at radius 3 is 2.67 bits per heavy atom. The van der Waals surface area contributed by atoms with Crippen LogP contribution in [0.15, 0.2) is 24.3 Å². The number of nitrogens with zero attached hydrogens (tertiary/aromatic N) is 1. The molecule has 0 spiro atoms. The van der Waals surface area contributed by atoms with Crippen molar-refractivity contribution in [3.8, 4) is 5.75 Å². The monoisotopic (exact) mass is 354 g/mol. The van der Waals surface area contributed by atoms with Gasteiger partial charge in [0, 0.05) is 25.1 Å². The fraction of sp³-hybridized carbons (Fsp3) is 0.556. The molecule has 1 aromatic carbocycles. The van der Waals surface area contributed by atoms with Crippen molar-refractivity contribution in [2.24, 2.45) is 0 Å². The van der Waals surface area contributed by atoms with Crippen molar-refractivity contribution >= 4 is 24.1 Å². The molecule has 0 atom stereocenters. The zero-order valence-electron chi connectivity index (χ0n) is 14.4. The third-order valence-electron chi connectivity index (χ3n) is 4.29. The zero-order chi connectivity index (χ0) is 16.7. The predicted octanol–water partition coefficient (Wildman–Crippen LogP) is 2.68. The average Bonchev–Trinajstić information content (AvgIpc) is 2.59. The van der Waals surface area contributed by atoms with Gasteiger partial charge in [-0.2, -0.15) is 0 Å². The van der Waals surface area contributed by atoms with Crippen LogP contribution in [0.2, 0.25) is 0 Å². The van der Waals surface area contributed by atoms with Crippen molar-refractivity contribution < 1.29 is 14.3 Å². The molecule has 134 valence electrons. The first-order chi connectivity index (χ1) is 11.1. The van der Waals surface area contributed by atoms with Gasteiger partial charge >= 0.3 is 0 Å². The minimum atomic E-state index is 0. The second kappa shape index (κ2) is 10.3. The number of Topliss-reactive ketones (excluding diaryl/α,β-unsaturated/α-hetero) is 1. The van der Waals surface area contributed by atoms with Gasteiger partial charge in [0.05, 0.1) is 6.61 Å². The van der Waals surface area contributed by atoms with Gasteiger partial charge in [-0.3, -0.25) is 9.59 Å². The number of amides is 1. The molecule has 1 heterocycles. The summed E-state index contributed by atoms with van der Waals surface area (Å²) in [6.45, 7) is 3.98. The van der Waals surface area contributed by atoms with Crippen LogP contribution < -0.4 is 10.1 Å². The molecule has 1 amide bonds. The van der Waals surface area contributed by atoms with E-state index in [0.717, 1.165) is 25.9 Å². The van der Waals surface area contributed by atoms with Crippen molar-refractivity contribution in [1.29, 1.82) is 0 Å². The summed E-state index contributed by atoms with van der Waals surface area (Å²) in [5.41, 5.74) is 0.643. The summed E-state index contributed by atoms with van der Waals surface area (Å²) in [5.74, 6) is 0.879. The van der Waals surface area contributed by atoms with Crippen molar-refractivity contribution in [2.45, 2.75) is 38.6 Å². The number of rotatable bonds is 7. The minimum Gasteiger partial charge on any atom is -0.494 e. The highest BCUT2D eigenvalue weighted by atomic mass is 35.5. The van der Waals surface area contributed by atoms with Crippen LogP contribution in [0, 0.1) is 0 Å². The number of hydrogen-bond acceptors (Lipinski definition) is 4. The first-order valence-corrected chi connectivity index (χ1v) is 8.28. The van der Waals surface area contributed by atoms with Crippen LogP contribution in [0.4, 0.5) is 0 Å². The molecular formula is C18H27ClN2O3. The molecule has 0 aliphatic carbocycles. The molecular weight excluding hydrogens is 328 g/mol. The molecule has 0 aromatic heterocycles. The lowest BCUT2D eigenvalue weighted by Gasteiger charge is -2.31. The third-order valence-corrected chi connectivity index (χ3v) is 4.29. The van der Waals surface area contributed by atoms with Crippen molar-refractivity contribution in [1.82, 2.24) is 10.2 Å². The van der Waals surface area contributed by atoms with E-state index in [4.69, 9.17) is 4.74 Å². The lowest BCUT2D eigenvalue weighted by molar-refractivity contribution is -0.132. The predicted molar refractivity (Wildman–Crippen MR) is 97.1 cm³/mol. The molecule has 5 nitrogen and oxygen atoms in total. The Morgan fingerprint density at radius 2 is 2.00 bits per heavy atom. The molecule has 1 aliphatic rings. The SMILES string of the molecule is CC(=O)c1cccc(OCCCC(=O)N(C)C2CCNCC2)c1.Cl. The number of benzene rings is 1.